The monoisotopic (exact) mass is 182 g/mol. The molecule has 0 saturated heterocycles. The molecule has 0 amide bonds. The number of hydrogen-bond acceptors (Lipinski definition) is 1. The SMILES string of the molecule is [c]1ccccc1CNc1ccccc1. The van der Waals surface area contributed by atoms with Gasteiger partial charge in [0.15, 0.2) is 0 Å². The smallest absolute Gasteiger partial charge is 0.0406 e. The molecule has 0 aliphatic heterocycles. The van der Waals surface area contributed by atoms with E-state index >= 15 is 0 Å². The van der Waals surface area contributed by atoms with Gasteiger partial charge in [-0.3, -0.25) is 0 Å². The highest BCUT2D eigenvalue weighted by Crippen LogP contribution is 2.07. The number of para-hydroxylation sites is 1. The first-order valence-corrected chi connectivity index (χ1v) is 4.70. The first-order valence-electron chi connectivity index (χ1n) is 4.70. The van der Waals surface area contributed by atoms with E-state index in [9.17, 15) is 0 Å². The van der Waals surface area contributed by atoms with Crippen molar-refractivity contribution in [3.63, 3.8) is 0 Å². The molecule has 0 aromatic heterocycles. The third-order valence-corrected chi connectivity index (χ3v) is 2.03. The third-order valence-electron chi connectivity index (χ3n) is 2.03. The number of anilines is 1. The zero-order chi connectivity index (χ0) is 9.64. The van der Waals surface area contributed by atoms with Gasteiger partial charge in [-0.1, -0.05) is 42.5 Å². The van der Waals surface area contributed by atoms with Crippen molar-refractivity contribution in [1.82, 2.24) is 0 Å². The molecule has 1 nitrogen and oxygen atoms in total. The Morgan fingerprint density at radius 2 is 1.71 bits per heavy atom. The van der Waals surface area contributed by atoms with Gasteiger partial charge in [-0.25, -0.2) is 0 Å². The predicted octanol–water partition coefficient (Wildman–Crippen LogP) is 3.10. The summed E-state index contributed by atoms with van der Waals surface area (Å²) in [5.41, 5.74) is 2.32. The fourth-order valence-corrected chi connectivity index (χ4v) is 1.29. The van der Waals surface area contributed by atoms with E-state index < -0.39 is 0 Å². The lowest BCUT2D eigenvalue weighted by atomic mass is 10.2. The predicted molar refractivity (Wildman–Crippen MR) is 59.0 cm³/mol. The van der Waals surface area contributed by atoms with E-state index in [-0.39, 0.29) is 0 Å². The molecule has 1 radical (unpaired) electrons. The zero-order valence-corrected chi connectivity index (χ0v) is 7.90. The maximum Gasteiger partial charge on any atom is 0.0406 e. The van der Waals surface area contributed by atoms with Crippen LogP contribution in [0.4, 0.5) is 5.69 Å². The van der Waals surface area contributed by atoms with Crippen LogP contribution < -0.4 is 5.32 Å². The first-order chi connectivity index (χ1) is 6.95. The van der Waals surface area contributed by atoms with Crippen molar-refractivity contribution < 1.29 is 0 Å². The van der Waals surface area contributed by atoms with Crippen molar-refractivity contribution in [3.8, 4) is 0 Å². The van der Waals surface area contributed by atoms with Crippen LogP contribution in [0.3, 0.4) is 0 Å². The molecule has 0 saturated carbocycles. The second-order valence-corrected chi connectivity index (χ2v) is 3.11. The molecular formula is C13H12N. The third kappa shape index (κ3) is 2.36. The average molecular weight is 182 g/mol. The van der Waals surface area contributed by atoms with Crippen LogP contribution >= 0.6 is 0 Å². The van der Waals surface area contributed by atoms with Crippen LogP contribution in [0.2, 0.25) is 0 Å². The number of nitrogens with one attached hydrogen (secondary N) is 1. The molecule has 0 spiro atoms. The normalized spacial score (nSPS) is 9.71. The summed E-state index contributed by atoms with van der Waals surface area (Å²) < 4.78 is 0. The van der Waals surface area contributed by atoms with E-state index in [1.54, 1.807) is 0 Å². The Hall–Kier alpha value is -1.76. The van der Waals surface area contributed by atoms with Crippen molar-refractivity contribution in [1.29, 1.82) is 0 Å². The van der Waals surface area contributed by atoms with Crippen LogP contribution in [0.15, 0.2) is 54.6 Å². The van der Waals surface area contributed by atoms with Gasteiger partial charge < -0.3 is 5.32 Å². The minimum Gasteiger partial charge on any atom is -0.381 e. The summed E-state index contributed by atoms with van der Waals surface area (Å²) in [6, 6.07) is 21.4. The highest BCUT2D eigenvalue weighted by molar-refractivity contribution is 5.42. The van der Waals surface area contributed by atoms with Gasteiger partial charge in [-0.05, 0) is 23.8 Å². The van der Waals surface area contributed by atoms with Crippen molar-refractivity contribution in [2.75, 3.05) is 5.32 Å². The van der Waals surface area contributed by atoms with Crippen molar-refractivity contribution >= 4 is 5.69 Å². The fourth-order valence-electron chi connectivity index (χ4n) is 1.29. The van der Waals surface area contributed by atoms with Crippen LogP contribution in [0, 0.1) is 6.07 Å². The number of benzene rings is 2. The molecule has 2 rings (SSSR count). The van der Waals surface area contributed by atoms with E-state index in [4.69, 9.17) is 0 Å². The summed E-state index contributed by atoms with van der Waals surface area (Å²) in [6.07, 6.45) is 0. The van der Waals surface area contributed by atoms with Crippen LogP contribution in [-0.2, 0) is 6.54 Å². The highest BCUT2D eigenvalue weighted by Gasteiger charge is 1.91. The molecule has 0 heterocycles. The van der Waals surface area contributed by atoms with E-state index in [1.165, 1.54) is 5.56 Å². The Kier molecular flexibility index (Phi) is 2.82. The van der Waals surface area contributed by atoms with Crippen molar-refractivity contribution in [2.24, 2.45) is 0 Å². The molecular weight excluding hydrogens is 170 g/mol. The Balaban J connectivity index is 1.96. The summed E-state index contributed by atoms with van der Waals surface area (Å²) in [6.45, 7) is 0.824. The molecule has 0 atom stereocenters. The number of rotatable bonds is 3. The maximum absolute atomic E-state index is 3.33. The largest absolute Gasteiger partial charge is 0.381 e. The highest BCUT2D eigenvalue weighted by atomic mass is 14.9. The van der Waals surface area contributed by atoms with Gasteiger partial charge >= 0.3 is 0 Å². The summed E-state index contributed by atoms with van der Waals surface area (Å²) >= 11 is 0. The lowest BCUT2D eigenvalue weighted by Gasteiger charge is -2.05. The molecule has 0 aliphatic rings. The quantitative estimate of drug-likeness (QED) is 0.769. The van der Waals surface area contributed by atoms with Gasteiger partial charge in [0.25, 0.3) is 0 Å². The molecule has 0 bridgehead atoms. The molecule has 0 fully saturated rings. The topological polar surface area (TPSA) is 12.0 Å². The molecule has 1 heteroatoms. The minimum absolute atomic E-state index is 0.824. The molecule has 69 valence electrons. The van der Waals surface area contributed by atoms with Gasteiger partial charge in [0.1, 0.15) is 0 Å². The van der Waals surface area contributed by atoms with E-state index in [2.05, 4.69) is 29.6 Å². The Labute approximate surface area is 84.4 Å². The van der Waals surface area contributed by atoms with Crippen LogP contribution in [0.25, 0.3) is 0 Å². The summed E-state index contributed by atoms with van der Waals surface area (Å²) in [4.78, 5) is 0. The van der Waals surface area contributed by atoms with Crippen LogP contribution in [-0.4, -0.2) is 0 Å². The van der Waals surface area contributed by atoms with Crippen molar-refractivity contribution in [2.45, 2.75) is 6.54 Å². The van der Waals surface area contributed by atoms with Crippen LogP contribution in [0.5, 0.6) is 0 Å². The Bertz CT molecular complexity index is 327. The molecule has 14 heavy (non-hydrogen) atoms. The average Bonchev–Trinajstić information content (AvgIpc) is 2.29. The van der Waals surface area contributed by atoms with Gasteiger partial charge in [-0.15, -0.1) is 0 Å². The van der Waals surface area contributed by atoms with E-state index in [0.29, 0.717) is 0 Å². The number of hydrogen-bond donors (Lipinski definition) is 1. The Morgan fingerprint density at radius 1 is 0.929 bits per heavy atom. The maximum atomic E-state index is 3.33. The lowest BCUT2D eigenvalue weighted by molar-refractivity contribution is 1.15. The summed E-state index contributed by atoms with van der Waals surface area (Å²) in [5, 5.41) is 3.33. The first kappa shape index (κ1) is 8.82. The van der Waals surface area contributed by atoms with Crippen molar-refractivity contribution in [3.05, 3.63) is 66.2 Å². The summed E-state index contributed by atoms with van der Waals surface area (Å²) in [5.74, 6) is 0. The molecule has 2 aromatic carbocycles. The van der Waals surface area contributed by atoms with E-state index in [0.717, 1.165) is 12.2 Å². The summed E-state index contributed by atoms with van der Waals surface area (Å²) in [7, 11) is 0. The van der Waals surface area contributed by atoms with Crippen LogP contribution in [0.1, 0.15) is 5.56 Å². The molecule has 0 unspecified atom stereocenters. The zero-order valence-electron chi connectivity index (χ0n) is 7.90. The van der Waals surface area contributed by atoms with Gasteiger partial charge in [0.05, 0.1) is 0 Å². The van der Waals surface area contributed by atoms with Gasteiger partial charge in [-0.2, -0.15) is 0 Å². The molecule has 1 N–H and O–H groups in total. The van der Waals surface area contributed by atoms with Gasteiger partial charge in [0, 0.05) is 12.2 Å². The molecule has 2 aromatic rings. The Morgan fingerprint density at radius 3 is 2.43 bits per heavy atom. The lowest BCUT2D eigenvalue weighted by Crippen LogP contribution is -1.98. The second kappa shape index (κ2) is 4.47. The second-order valence-electron chi connectivity index (χ2n) is 3.11. The van der Waals surface area contributed by atoms with E-state index in [1.807, 2.05) is 36.4 Å². The minimum atomic E-state index is 0.824. The molecule has 0 aliphatic carbocycles. The fraction of sp³-hybridized carbons (Fsp3) is 0.0769. The standard InChI is InChI=1S/C13H12N/c1-3-7-12(8-4-1)11-14-13-9-5-2-6-10-13/h1-7,9-10,14H,11H2. The van der Waals surface area contributed by atoms with Gasteiger partial charge in [0.2, 0.25) is 0 Å².